The molecule has 174 valence electrons. The van der Waals surface area contributed by atoms with Gasteiger partial charge in [-0.15, -0.1) is 0 Å². The molecule has 5 nitrogen and oxygen atoms in total. The summed E-state index contributed by atoms with van der Waals surface area (Å²) in [6.45, 7) is 7.45. The maximum absolute atomic E-state index is 13.2. The molecule has 0 aromatic heterocycles. The quantitative estimate of drug-likeness (QED) is 0.552. The van der Waals surface area contributed by atoms with Crippen LogP contribution in [0.25, 0.3) is 6.08 Å². The van der Waals surface area contributed by atoms with Crippen LogP contribution < -0.4 is 9.64 Å². The summed E-state index contributed by atoms with van der Waals surface area (Å²) in [6, 6.07) is 16.1. The van der Waals surface area contributed by atoms with Gasteiger partial charge in [0.2, 0.25) is 5.78 Å². The van der Waals surface area contributed by atoms with Crippen LogP contribution in [0.3, 0.4) is 0 Å². The second kappa shape index (κ2) is 8.95. The van der Waals surface area contributed by atoms with Crippen molar-refractivity contribution >= 4 is 17.5 Å². The van der Waals surface area contributed by atoms with E-state index in [-0.39, 0.29) is 23.1 Å². The molecule has 0 aliphatic carbocycles. The summed E-state index contributed by atoms with van der Waals surface area (Å²) in [6.07, 6.45) is 1.75. The first kappa shape index (κ1) is 22.2. The molecule has 0 spiro atoms. The van der Waals surface area contributed by atoms with Crippen LogP contribution in [-0.2, 0) is 6.54 Å². The fourth-order valence-electron chi connectivity index (χ4n) is 4.59. The van der Waals surface area contributed by atoms with Crippen LogP contribution >= 0.6 is 0 Å². The minimum absolute atomic E-state index is 0.140. The summed E-state index contributed by atoms with van der Waals surface area (Å²) < 4.78 is 19.3. The van der Waals surface area contributed by atoms with Gasteiger partial charge in [-0.3, -0.25) is 9.69 Å². The molecule has 0 atom stereocenters. The normalized spacial score (nSPS) is 17.2. The van der Waals surface area contributed by atoms with Gasteiger partial charge in [0.05, 0.1) is 11.1 Å². The van der Waals surface area contributed by atoms with Gasteiger partial charge in [-0.25, -0.2) is 4.39 Å². The average molecular weight is 459 g/mol. The van der Waals surface area contributed by atoms with Crippen molar-refractivity contribution in [2.45, 2.75) is 20.4 Å². The van der Waals surface area contributed by atoms with Crippen LogP contribution in [0.5, 0.6) is 11.5 Å². The lowest BCUT2D eigenvalue weighted by atomic mass is 9.99. The van der Waals surface area contributed by atoms with Crippen molar-refractivity contribution < 1.29 is 19.0 Å². The zero-order valence-electron chi connectivity index (χ0n) is 19.3. The summed E-state index contributed by atoms with van der Waals surface area (Å²) in [5.74, 6) is 0.477. The second-order valence-electron chi connectivity index (χ2n) is 8.99. The van der Waals surface area contributed by atoms with Gasteiger partial charge in [-0.2, -0.15) is 0 Å². The van der Waals surface area contributed by atoms with Gasteiger partial charge in [0.1, 0.15) is 17.3 Å². The minimum Gasteiger partial charge on any atom is -0.507 e. The SMILES string of the molecule is Cc1ccc(/C=C2\Oc3c(CN4CCN(c5ccc(F)cc5)CC4)c(O)cc(C)c3C2=O)cc1. The number of Topliss-reactive ketones (excluding diaryl/α,β-unsaturated/α-hetero) is 1. The second-order valence-corrected chi connectivity index (χ2v) is 8.99. The summed E-state index contributed by atoms with van der Waals surface area (Å²) in [4.78, 5) is 17.6. The number of ketones is 1. The third-order valence-corrected chi connectivity index (χ3v) is 6.54. The highest BCUT2D eigenvalue weighted by molar-refractivity contribution is 6.15. The molecule has 6 heteroatoms. The Hall–Kier alpha value is -3.64. The summed E-state index contributed by atoms with van der Waals surface area (Å²) in [7, 11) is 0. The smallest absolute Gasteiger partial charge is 0.232 e. The first-order chi connectivity index (χ1) is 16.4. The molecule has 2 aliphatic heterocycles. The monoisotopic (exact) mass is 458 g/mol. The van der Waals surface area contributed by atoms with E-state index in [4.69, 9.17) is 4.74 Å². The maximum Gasteiger partial charge on any atom is 0.232 e. The Labute approximate surface area is 198 Å². The third kappa shape index (κ3) is 4.29. The van der Waals surface area contributed by atoms with E-state index in [2.05, 4.69) is 9.80 Å². The molecule has 1 fully saturated rings. The summed E-state index contributed by atoms with van der Waals surface area (Å²) in [5.41, 5.74) is 4.90. The molecule has 3 aromatic carbocycles. The number of aryl methyl sites for hydroxylation is 2. The number of ether oxygens (including phenoxy) is 1. The number of rotatable bonds is 4. The van der Waals surface area contributed by atoms with E-state index in [1.807, 2.05) is 38.1 Å². The van der Waals surface area contributed by atoms with Crippen molar-refractivity contribution in [3.05, 3.63) is 94.0 Å². The number of halogens is 1. The number of anilines is 1. The predicted molar refractivity (Wildman–Crippen MR) is 131 cm³/mol. The highest BCUT2D eigenvalue weighted by Gasteiger charge is 2.34. The van der Waals surface area contributed by atoms with Crippen LogP contribution in [0, 0.1) is 19.7 Å². The van der Waals surface area contributed by atoms with Crippen LogP contribution in [-0.4, -0.2) is 42.0 Å². The van der Waals surface area contributed by atoms with Gasteiger partial charge in [-0.1, -0.05) is 29.8 Å². The summed E-state index contributed by atoms with van der Waals surface area (Å²) in [5, 5.41) is 10.8. The highest BCUT2D eigenvalue weighted by Crippen LogP contribution is 2.42. The lowest BCUT2D eigenvalue weighted by Crippen LogP contribution is -2.46. The number of hydrogen-bond acceptors (Lipinski definition) is 5. The molecule has 1 saturated heterocycles. The van der Waals surface area contributed by atoms with E-state index in [1.165, 1.54) is 12.1 Å². The predicted octanol–water partition coefficient (Wildman–Crippen LogP) is 5.09. The van der Waals surface area contributed by atoms with Crippen molar-refractivity contribution in [1.82, 2.24) is 4.90 Å². The number of allylic oxidation sites excluding steroid dienone is 1. The van der Waals surface area contributed by atoms with E-state index in [1.54, 1.807) is 24.3 Å². The average Bonchev–Trinajstić information content (AvgIpc) is 3.15. The highest BCUT2D eigenvalue weighted by atomic mass is 19.1. The van der Waals surface area contributed by atoms with Crippen molar-refractivity contribution in [2.24, 2.45) is 0 Å². The number of carbonyl (C=O) groups excluding carboxylic acids is 1. The molecule has 0 saturated carbocycles. The molecule has 5 rings (SSSR count). The first-order valence-corrected chi connectivity index (χ1v) is 11.5. The molecule has 3 aromatic rings. The molecular weight excluding hydrogens is 431 g/mol. The topological polar surface area (TPSA) is 53.0 Å². The zero-order chi connectivity index (χ0) is 23.8. The molecule has 2 heterocycles. The van der Waals surface area contributed by atoms with Crippen LogP contribution in [0.15, 0.2) is 60.4 Å². The van der Waals surface area contributed by atoms with E-state index in [0.717, 1.165) is 43.0 Å². The van der Waals surface area contributed by atoms with E-state index >= 15 is 0 Å². The van der Waals surface area contributed by atoms with Gasteiger partial charge >= 0.3 is 0 Å². The van der Waals surface area contributed by atoms with E-state index in [0.29, 0.717) is 29.0 Å². The van der Waals surface area contributed by atoms with Crippen molar-refractivity contribution in [3.8, 4) is 11.5 Å². The van der Waals surface area contributed by atoms with Gasteiger partial charge in [0.25, 0.3) is 0 Å². The Bertz CT molecular complexity index is 1260. The number of aromatic hydroxyl groups is 1. The Balaban J connectivity index is 1.35. The van der Waals surface area contributed by atoms with Crippen LogP contribution in [0.4, 0.5) is 10.1 Å². The minimum atomic E-state index is -0.239. The fraction of sp³-hybridized carbons (Fsp3) is 0.250. The van der Waals surface area contributed by atoms with Gasteiger partial charge in [0, 0.05) is 38.4 Å². The number of benzene rings is 3. The number of piperazine rings is 1. The molecule has 1 N–H and O–H groups in total. The standard InChI is InChI=1S/C28H27FN2O3/c1-18-3-5-20(6-4-18)16-25-27(33)26-19(2)15-24(32)23(28(26)34-25)17-30-11-13-31(14-12-30)22-9-7-21(29)8-10-22/h3-10,15-16,32H,11-14,17H2,1-2H3/b25-16-. The Morgan fingerprint density at radius 3 is 2.35 bits per heavy atom. The van der Waals surface area contributed by atoms with Crippen molar-refractivity contribution in [2.75, 3.05) is 31.1 Å². The van der Waals surface area contributed by atoms with Crippen molar-refractivity contribution in [1.29, 1.82) is 0 Å². The Morgan fingerprint density at radius 1 is 1.00 bits per heavy atom. The molecule has 0 radical (unpaired) electrons. The molecule has 0 amide bonds. The number of fused-ring (bicyclic) bond motifs is 1. The maximum atomic E-state index is 13.2. The number of nitrogens with zero attached hydrogens (tertiary/aromatic N) is 2. The third-order valence-electron chi connectivity index (χ3n) is 6.54. The molecular formula is C28H27FN2O3. The van der Waals surface area contributed by atoms with E-state index < -0.39 is 0 Å². The molecule has 34 heavy (non-hydrogen) atoms. The molecule has 2 aliphatic rings. The van der Waals surface area contributed by atoms with Gasteiger partial charge in [-0.05, 0) is 61.4 Å². The van der Waals surface area contributed by atoms with Gasteiger partial charge < -0.3 is 14.7 Å². The van der Waals surface area contributed by atoms with Gasteiger partial charge in [0.15, 0.2) is 5.76 Å². The van der Waals surface area contributed by atoms with Crippen LogP contribution in [0.1, 0.15) is 32.6 Å². The van der Waals surface area contributed by atoms with Crippen LogP contribution in [0.2, 0.25) is 0 Å². The lowest BCUT2D eigenvalue weighted by Gasteiger charge is -2.36. The number of phenolic OH excluding ortho intramolecular Hbond substituents is 1. The number of carbonyl (C=O) groups is 1. The Kier molecular flexibility index (Phi) is 5.84. The fourth-order valence-corrected chi connectivity index (χ4v) is 4.59. The largest absolute Gasteiger partial charge is 0.507 e. The molecule has 0 bridgehead atoms. The van der Waals surface area contributed by atoms with E-state index in [9.17, 15) is 14.3 Å². The molecule has 0 unspecified atom stereocenters. The summed E-state index contributed by atoms with van der Waals surface area (Å²) >= 11 is 0. The first-order valence-electron chi connectivity index (χ1n) is 11.5. The number of phenols is 1. The Morgan fingerprint density at radius 2 is 1.68 bits per heavy atom. The zero-order valence-corrected chi connectivity index (χ0v) is 19.3. The number of hydrogen-bond donors (Lipinski definition) is 1. The van der Waals surface area contributed by atoms with Crippen molar-refractivity contribution in [3.63, 3.8) is 0 Å². The lowest BCUT2D eigenvalue weighted by molar-refractivity contribution is 0.101.